The van der Waals surface area contributed by atoms with Gasteiger partial charge in [0.25, 0.3) is 0 Å². The Balaban J connectivity index is 1.95. The van der Waals surface area contributed by atoms with E-state index in [4.69, 9.17) is 0 Å². The Bertz CT molecular complexity index is 234. The summed E-state index contributed by atoms with van der Waals surface area (Å²) >= 11 is 0. The summed E-state index contributed by atoms with van der Waals surface area (Å²) in [5.41, 5.74) is 0.368. The molecular formula is C14H29N3. The van der Waals surface area contributed by atoms with Crippen molar-refractivity contribution >= 4 is 0 Å². The topological polar surface area (TPSA) is 18.5 Å². The number of rotatable bonds is 4. The molecule has 1 N–H and O–H groups in total. The van der Waals surface area contributed by atoms with Gasteiger partial charge in [-0.25, -0.2) is 0 Å². The van der Waals surface area contributed by atoms with Crippen LogP contribution in [0.25, 0.3) is 0 Å². The third kappa shape index (κ3) is 2.83. The van der Waals surface area contributed by atoms with Crippen molar-refractivity contribution in [2.45, 2.75) is 51.6 Å². The Kier molecular flexibility index (Phi) is 4.45. The van der Waals surface area contributed by atoms with Crippen LogP contribution in [0.4, 0.5) is 0 Å². The summed E-state index contributed by atoms with van der Waals surface area (Å²) in [4.78, 5) is 5.42. The monoisotopic (exact) mass is 239 g/mol. The van der Waals surface area contributed by atoms with Gasteiger partial charge in [-0.1, -0.05) is 13.3 Å². The Morgan fingerprint density at radius 3 is 2.53 bits per heavy atom. The summed E-state index contributed by atoms with van der Waals surface area (Å²) in [5.74, 6) is 0. The molecular weight excluding hydrogens is 210 g/mol. The van der Waals surface area contributed by atoms with Gasteiger partial charge in [-0.15, -0.1) is 0 Å². The number of unbranched alkanes of at least 4 members (excludes halogenated alkanes) is 1. The first-order valence-corrected chi connectivity index (χ1v) is 7.36. The van der Waals surface area contributed by atoms with Crippen LogP contribution in [0.15, 0.2) is 0 Å². The maximum atomic E-state index is 3.46. The standard InChI is InChI=1S/C14H29N3/c1-4-5-9-17-10-6-13(14(17,2)3)16-11-7-15-8-12-16/h13,15H,4-12H2,1-3H3. The summed E-state index contributed by atoms with van der Waals surface area (Å²) in [5, 5.41) is 3.46. The summed E-state index contributed by atoms with van der Waals surface area (Å²) in [6.45, 7) is 14.6. The first-order valence-electron chi connectivity index (χ1n) is 7.36. The lowest BCUT2D eigenvalue weighted by Gasteiger charge is -2.43. The molecule has 0 aliphatic carbocycles. The quantitative estimate of drug-likeness (QED) is 0.803. The fourth-order valence-corrected chi connectivity index (χ4v) is 3.50. The number of nitrogens with one attached hydrogen (secondary N) is 1. The molecule has 100 valence electrons. The Hall–Kier alpha value is -0.120. The highest BCUT2D eigenvalue weighted by atomic mass is 15.3. The first kappa shape index (κ1) is 13.3. The minimum atomic E-state index is 0.368. The zero-order valence-corrected chi connectivity index (χ0v) is 11.8. The van der Waals surface area contributed by atoms with Gasteiger partial charge in [0.05, 0.1) is 0 Å². The second kappa shape index (κ2) is 5.68. The van der Waals surface area contributed by atoms with Crippen molar-refractivity contribution in [3.05, 3.63) is 0 Å². The normalized spacial score (nSPS) is 30.9. The SMILES string of the molecule is CCCCN1CCC(N2CCNCC2)C1(C)C. The average molecular weight is 239 g/mol. The molecule has 2 fully saturated rings. The van der Waals surface area contributed by atoms with Crippen LogP contribution in [0, 0.1) is 0 Å². The van der Waals surface area contributed by atoms with Gasteiger partial charge in [-0.3, -0.25) is 9.80 Å². The molecule has 2 heterocycles. The smallest absolute Gasteiger partial charge is 0.0308 e. The predicted octanol–water partition coefficient (Wildman–Crippen LogP) is 1.54. The molecule has 0 spiro atoms. The second-order valence-electron chi connectivity index (χ2n) is 6.08. The van der Waals surface area contributed by atoms with Crippen molar-refractivity contribution in [1.29, 1.82) is 0 Å². The van der Waals surface area contributed by atoms with Crippen molar-refractivity contribution in [2.75, 3.05) is 39.3 Å². The summed E-state index contributed by atoms with van der Waals surface area (Å²) in [7, 11) is 0. The van der Waals surface area contributed by atoms with E-state index in [-0.39, 0.29) is 0 Å². The van der Waals surface area contributed by atoms with Crippen LogP contribution in [0.3, 0.4) is 0 Å². The van der Waals surface area contributed by atoms with Crippen molar-refractivity contribution in [2.24, 2.45) is 0 Å². The molecule has 17 heavy (non-hydrogen) atoms. The number of likely N-dealkylation sites (tertiary alicyclic amines) is 1. The molecule has 2 rings (SSSR count). The van der Waals surface area contributed by atoms with Crippen LogP contribution in [0.2, 0.25) is 0 Å². The van der Waals surface area contributed by atoms with Crippen LogP contribution < -0.4 is 5.32 Å². The minimum absolute atomic E-state index is 0.368. The first-order chi connectivity index (χ1) is 8.16. The van der Waals surface area contributed by atoms with Crippen molar-refractivity contribution in [1.82, 2.24) is 15.1 Å². The van der Waals surface area contributed by atoms with Gasteiger partial charge in [-0.05, 0) is 33.2 Å². The van der Waals surface area contributed by atoms with Gasteiger partial charge in [-0.2, -0.15) is 0 Å². The Morgan fingerprint density at radius 2 is 1.88 bits per heavy atom. The molecule has 0 saturated carbocycles. The Labute approximate surface area is 107 Å². The predicted molar refractivity (Wildman–Crippen MR) is 73.4 cm³/mol. The molecule has 1 unspecified atom stereocenters. The lowest BCUT2D eigenvalue weighted by atomic mass is 9.93. The van der Waals surface area contributed by atoms with E-state index in [1.54, 1.807) is 0 Å². The van der Waals surface area contributed by atoms with E-state index >= 15 is 0 Å². The van der Waals surface area contributed by atoms with Crippen LogP contribution in [0.1, 0.15) is 40.0 Å². The third-order valence-electron chi connectivity index (χ3n) is 4.68. The van der Waals surface area contributed by atoms with Gasteiger partial charge in [0.2, 0.25) is 0 Å². The van der Waals surface area contributed by atoms with Gasteiger partial charge < -0.3 is 5.32 Å². The molecule has 0 bridgehead atoms. The molecule has 2 saturated heterocycles. The van der Waals surface area contributed by atoms with E-state index in [0.717, 1.165) is 6.04 Å². The fraction of sp³-hybridized carbons (Fsp3) is 1.00. The summed E-state index contributed by atoms with van der Waals surface area (Å²) in [6.07, 6.45) is 4.01. The molecule has 2 aliphatic heterocycles. The molecule has 2 aliphatic rings. The van der Waals surface area contributed by atoms with Crippen LogP contribution in [-0.2, 0) is 0 Å². The van der Waals surface area contributed by atoms with Crippen LogP contribution in [-0.4, -0.2) is 60.6 Å². The number of hydrogen-bond donors (Lipinski definition) is 1. The van der Waals surface area contributed by atoms with Crippen molar-refractivity contribution in [3.63, 3.8) is 0 Å². The molecule has 1 atom stereocenters. The average Bonchev–Trinajstić information content (AvgIpc) is 2.63. The largest absolute Gasteiger partial charge is 0.314 e. The Morgan fingerprint density at radius 1 is 1.18 bits per heavy atom. The molecule has 3 heteroatoms. The summed E-state index contributed by atoms with van der Waals surface area (Å²) < 4.78 is 0. The molecule has 0 aromatic carbocycles. The van der Waals surface area contributed by atoms with Gasteiger partial charge >= 0.3 is 0 Å². The van der Waals surface area contributed by atoms with Gasteiger partial charge in [0, 0.05) is 44.3 Å². The highest BCUT2D eigenvalue weighted by Crippen LogP contribution is 2.33. The van der Waals surface area contributed by atoms with Gasteiger partial charge in [0.1, 0.15) is 0 Å². The van der Waals surface area contributed by atoms with Gasteiger partial charge in [0.15, 0.2) is 0 Å². The third-order valence-corrected chi connectivity index (χ3v) is 4.68. The highest BCUT2D eigenvalue weighted by molar-refractivity contribution is 5.01. The van der Waals surface area contributed by atoms with E-state index in [1.807, 2.05) is 0 Å². The number of hydrogen-bond acceptors (Lipinski definition) is 3. The van der Waals surface area contributed by atoms with E-state index in [2.05, 4.69) is 35.9 Å². The zero-order chi connectivity index (χ0) is 12.3. The maximum Gasteiger partial charge on any atom is 0.0308 e. The molecule has 0 aromatic heterocycles. The minimum Gasteiger partial charge on any atom is -0.314 e. The lowest BCUT2D eigenvalue weighted by molar-refractivity contribution is 0.0719. The zero-order valence-electron chi connectivity index (χ0n) is 11.8. The number of piperazine rings is 1. The fourth-order valence-electron chi connectivity index (χ4n) is 3.50. The maximum absolute atomic E-state index is 3.46. The molecule has 0 aromatic rings. The molecule has 3 nitrogen and oxygen atoms in total. The van der Waals surface area contributed by atoms with E-state index in [9.17, 15) is 0 Å². The number of nitrogens with zero attached hydrogens (tertiary/aromatic N) is 2. The second-order valence-corrected chi connectivity index (χ2v) is 6.08. The highest BCUT2D eigenvalue weighted by Gasteiger charge is 2.43. The lowest BCUT2D eigenvalue weighted by Crippen LogP contribution is -2.57. The van der Waals surface area contributed by atoms with Crippen LogP contribution >= 0.6 is 0 Å². The van der Waals surface area contributed by atoms with Crippen molar-refractivity contribution in [3.8, 4) is 0 Å². The van der Waals surface area contributed by atoms with E-state index < -0.39 is 0 Å². The van der Waals surface area contributed by atoms with E-state index in [0.29, 0.717) is 5.54 Å². The van der Waals surface area contributed by atoms with E-state index in [1.165, 1.54) is 58.5 Å². The van der Waals surface area contributed by atoms with Crippen LogP contribution in [0.5, 0.6) is 0 Å². The molecule has 0 radical (unpaired) electrons. The van der Waals surface area contributed by atoms with Crippen molar-refractivity contribution < 1.29 is 0 Å². The summed E-state index contributed by atoms with van der Waals surface area (Å²) in [6, 6.07) is 0.765. The molecule has 0 amide bonds.